The first-order valence-electron chi connectivity index (χ1n) is 8.26. The van der Waals surface area contributed by atoms with E-state index < -0.39 is 15.8 Å². The van der Waals surface area contributed by atoms with Crippen molar-refractivity contribution in [3.8, 4) is 5.75 Å². The number of anilines is 1. The van der Waals surface area contributed by atoms with Crippen LogP contribution in [0.2, 0.25) is 0 Å². The van der Waals surface area contributed by atoms with Crippen molar-refractivity contribution in [1.29, 1.82) is 0 Å². The molecule has 2 aromatic rings. The summed E-state index contributed by atoms with van der Waals surface area (Å²) in [6.45, 7) is 0.785. The maximum absolute atomic E-state index is 12.4. The molecule has 0 bridgehead atoms. The van der Waals surface area contributed by atoms with Gasteiger partial charge in [-0.3, -0.25) is 0 Å². The Morgan fingerprint density at radius 2 is 2.04 bits per heavy atom. The number of halogens is 3. The summed E-state index contributed by atoms with van der Waals surface area (Å²) < 4.78 is 10.3. The van der Waals surface area contributed by atoms with Crippen molar-refractivity contribution in [3.63, 3.8) is 0 Å². The van der Waals surface area contributed by atoms with E-state index in [-0.39, 0.29) is 6.61 Å². The predicted molar refractivity (Wildman–Crippen MR) is 102 cm³/mol. The normalized spacial score (nSPS) is 17.2. The second-order valence-electron chi connectivity index (χ2n) is 6.06. The standard InChI is InChI=1S/C16H18Cl3N5O3/c1-26-12-6-4-11(5-7-12)9-24-15(20-21-22-24)23-8-2-3-13(23)14(25)27-10-16(17,18)19/h4-7,13H,2-3,8-10H2,1H3/t13-/m1/s1. The minimum absolute atomic E-state index is 0.308. The number of methoxy groups -OCH3 is 1. The zero-order chi connectivity index (χ0) is 19.4. The van der Waals surface area contributed by atoms with Gasteiger partial charge in [-0.15, -0.1) is 0 Å². The van der Waals surface area contributed by atoms with Gasteiger partial charge in [0.15, 0.2) is 0 Å². The molecule has 0 unspecified atom stereocenters. The summed E-state index contributed by atoms with van der Waals surface area (Å²) in [4.78, 5) is 14.2. The summed E-state index contributed by atoms with van der Waals surface area (Å²) in [7, 11) is 1.61. The van der Waals surface area contributed by atoms with Gasteiger partial charge in [-0.25, -0.2) is 9.48 Å². The van der Waals surface area contributed by atoms with Crippen molar-refractivity contribution >= 4 is 46.7 Å². The number of carbonyl (C=O) groups excluding carboxylic acids is 1. The molecule has 1 aliphatic heterocycles. The van der Waals surface area contributed by atoms with E-state index in [9.17, 15) is 4.79 Å². The Kier molecular flexibility index (Phi) is 6.29. The summed E-state index contributed by atoms with van der Waals surface area (Å²) in [5.74, 6) is 0.809. The summed E-state index contributed by atoms with van der Waals surface area (Å²) >= 11 is 17.0. The van der Waals surface area contributed by atoms with Crippen molar-refractivity contribution < 1.29 is 14.3 Å². The van der Waals surface area contributed by atoms with Gasteiger partial charge in [-0.05, 0) is 41.0 Å². The number of rotatable bonds is 6. The van der Waals surface area contributed by atoms with Crippen LogP contribution in [0, 0.1) is 0 Å². The molecule has 0 spiro atoms. The van der Waals surface area contributed by atoms with Crippen LogP contribution in [-0.4, -0.2) is 56.3 Å². The SMILES string of the molecule is COc1ccc(Cn2nnnc2N2CCC[C@@H]2C(=O)OCC(Cl)(Cl)Cl)cc1. The molecule has 3 rings (SSSR count). The maximum Gasteiger partial charge on any atom is 0.329 e. The first kappa shape index (κ1) is 20.0. The Hall–Kier alpha value is -1.77. The number of aromatic nitrogens is 4. The minimum Gasteiger partial charge on any atom is -0.497 e. The number of nitrogens with zero attached hydrogens (tertiary/aromatic N) is 5. The fraction of sp³-hybridized carbons (Fsp3) is 0.500. The minimum atomic E-state index is -1.64. The zero-order valence-electron chi connectivity index (χ0n) is 14.5. The molecular weight excluding hydrogens is 417 g/mol. The van der Waals surface area contributed by atoms with E-state index in [1.807, 2.05) is 29.2 Å². The summed E-state index contributed by atoms with van der Waals surface area (Å²) in [5, 5.41) is 11.9. The molecule has 11 heteroatoms. The number of ether oxygens (including phenoxy) is 2. The number of hydrogen-bond donors (Lipinski definition) is 0. The van der Waals surface area contributed by atoms with E-state index in [2.05, 4.69) is 15.5 Å². The zero-order valence-corrected chi connectivity index (χ0v) is 16.8. The Bertz CT molecular complexity index is 778. The highest BCUT2D eigenvalue weighted by Gasteiger charge is 2.36. The largest absolute Gasteiger partial charge is 0.497 e. The summed E-state index contributed by atoms with van der Waals surface area (Å²) in [6, 6.07) is 7.08. The summed E-state index contributed by atoms with van der Waals surface area (Å²) in [5.41, 5.74) is 0.999. The highest BCUT2D eigenvalue weighted by atomic mass is 35.6. The molecule has 8 nitrogen and oxygen atoms in total. The van der Waals surface area contributed by atoms with Crippen LogP contribution in [-0.2, 0) is 16.1 Å². The number of esters is 1. The van der Waals surface area contributed by atoms with Crippen molar-refractivity contribution in [3.05, 3.63) is 29.8 Å². The number of tetrazole rings is 1. The molecule has 0 N–H and O–H groups in total. The van der Waals surface area contributed by atoms with Crippen LogP contribution in [0.4, 0.5) is 5.95 Å². The van der Waals surface area contributed by atoms with Crippen molar-refractivity contribution in [2.24, 2.45) is 0 Å². The molecule has 1 aromatic heterocycles. The van der Waals surface area contributed by atoms with Gasteiger partial charge in [0.2, 0.25) is 9.74 Å². The van der Waals surface area contributed by atoms with E-state index in [1.165, 1.54) is 0 Å². The Morgan fingerprint density at radius 1 is 1.30 bits per heavy atom. The molecule has 27 heavy (non-hydrogen) atoms. The van der Waals surface area contributed by atoms with Crippen molar-refractivity contribution in [2.75, 3.05) is 25.2 Å². The van der Waals surface area contributed by atoms with Crippen LogP contribution in [0.25, 0.3) is 0 Å². The molecule has 146 valence electrons. The first-order valence-corrected chi connectivity index (χ1v) is 9.40. The molecule has 1 aromatic carbocycles. The lowest BCUT2D eigenvalue weighted by molar-refractivity contribution is -0.144. The van der Waals surface area contributed by atoms with Crippen molar-refractivity contribution in [2.45, 2.75) is 29.2 Å². The Balaban J connectivity index is 1.72. The molecule has 1 fully saturated rings. The van der Waals surface area contributed by atoms with E-state index in [0.29, 0.717) is 25.5 Å². The third kappa shape index (κ3) is 5.15. The topological polar surface area (TPSA) is 82.4 Å². The number of alkyl halides is 3. The lowest BCUT2D eigenvalue weighted by Crippen LogP contribution is -2.40. The van der Waals surface area contributed by atoms with Crippen molar-refractivity contribution in [1.82, 2.24) is 20.2 Å². The molecule has 1 aliphatic rings. The maximum atomic E-state index is 12.4. The van der Waals surface area contributed by atoms with Gasteiger partial charge < -0.3 is 14.4 Å². The third-order valence-electron chi connectivity index (χ3n) is 4.16. The second-order valence-corrected chi connectivity index (χ2v) is 8.57. The Labute approximate surface area is 171 Å². The van der Waals surface area contributed by atoms with Gasteiger partial charge in [-0.2, -0.15) is 0 Å². The monoisotopic (exact) mass is 433 g/mol. The molecular formula is C16H18Cl3N5O3. The quantitative estimate of drug-likeness (QED) is 0.510. The molecule has 1 atom stereocenters. The fourth-order valence-electron chi connectivity index (χ4n) is 2.91. The van der Waals surface area contributed by atoms with Crippen LogP contribution in [0.3, 0.4) is 0 Å². The Morgan fingerprint density at radius 3 is 2.70 bits per heavy atom. The second kappa shape index (κ2) is 8.50. The smallest absolute Gasteiger partial charge is 0.329 e. The van der Waals surface area contributed by atoms with Crippen LogP contribution in [0.1, 0.15) is 18.4 Å². The van der Waals surface area contributed by atoms with Gasteiger partial charge in [0, 0.05) is 6.54 Å². The fourth-order valence-corrected chi connectivity index (χ4v) is 3.08. The number of benzene rings is 1. The van der Waals surface area contributed by atoms with Gasteiger partial charge in [0.05, 0.1) is 13.7 Å². The highest BCUT2D eigenvalue weighted by molar-refractivity contribution is 6.67. The van der Waals surface area contributed by atoms with Crippen LogP contribution < -0.4 is 9.64 Å². The molecule has 2 heterocycles. The van der Waals surface area contributed by atoms with E-state index in [4.69, 9.17) is 44.3 Å². The molecule has 1 saturated heterocycles. The van der Waals surface area contributed by atoms with E-state index >= 15 is 0 Å². The van der Waals surface area contributed by atoms with Crippen LogP contribution in [0.5, 0.6) is 5.75 Å². The molecule has 0 amide bonds. The average molecular weight is 435 g/mol. The molecule has 0 aliphatic carbocycles. The van der Waals surface area contributed by atoms with Gasteiger partial charge >= 0.3 is 5.97 Å². The van der Waals surface area contributed by atoms with Gasteiger partial charge in [0.1, 0.15) is 18.4 Å². The van der Waals surface area contributed by atoms with Crippen LogP contribution in [0.15, 0.2) is 24.3 Å². The molecule has 0 radical (unpaired) electrons. The lowest BCUT2D eigenvalue weighted by Gasteiger charge is -2.24. The average Bonchev–Trinajstić information content (AvgIpc) is 3.28. The predicted octanol–water partition coefficient (Wildman–Crippen LogP) is 2.61. The molecule has 0 saturated carbocycles. The highest BCUT2D eigenvalue weighted by Crippen LogP contribution is 2.28. The number of hydrogen-bond acceptors (Lipinski definition) is 7. The van der Waals surface area contributed by atoms with Crippen LogP contribution >= 0.6 is 34.8 Å². The van der Waals surface area contributed by atoms with Gasteiger partial charge in [0.25, 0.3) is 0 Å². The number of carbonyl (C=O) groups is 1. The lowest BCUT2D eigenvalue weighted by atomic mass is 10.2. The van der Waals surface area contributed by atoms with Gasteiger partial charge in [-0.1, -0.05) is 52.0 Å². The summed E-state index contributed by atoms with van der Waals surface area (Å²) in [6.07, 6.45) is 1.43. The van der Waals surface area contributed by atoms with E-state index in [0.717, 1.165) is 17.7 Å². The van der Waals surface area contributed by atoms with E-state index in [1.54, 1.807) is 11.8 Å². The first-order chi connectivity index (χ1) is 12.9. The third-order valence-corrected chi connectivity index (χ3v) is 4.49.